The molecular weight excluding hydrogens is 320 g/mol. The van der Waals surface area contributed by atoms with Crippen LogP contribution < -0.4 is 0 Å². The van der Waals surface area contributed by atoms with Gasteiger partial charge >= 0.3 is 6.09 Å². The topological polar surface area (TPSA) is 87.2 Å². The largest absolute Gasteiger partial charge is 0.465 e. The summed E-state index contributed by atoms with van der Waals surface area (Å²) in [6.07, 6.45) is 0.0876. The first kappa shape index (κ1) is 16.2. The average molecular weight is 340 g/mol. The molecular formula is C15H20N2O5S. The standard InChI is InChI=1S/C15H20N2O5S/c18-14(19)16-8-6-15(7-9-16)12-17(10-11-22-15)23(20,21)13-4-2-1-3-5-13/h1-5H,6-12H2,(H,18,19). The van der Waals surface area contributed by atoms with Gasteiger partial charge in [0, 0.05) is 26.2 Å². The Labute approximate surface area is 135 Å². The molecule has 3 rings (SSSR count). The summed E-state index contributed by atoms with van der Waals surface area (Å²) in [6, 6.07) is 8.36. The fourth-order valence-electron chi connectivity index (χ4n) is 3.16. The first-order valence-corrected chi connectivity index (χ1v) is 9.04. The summed E-state index contributed by atoms with van der Waals surface area (Å²) in [6.45, 7) is 1.67. The highest BCUT2D eigenvalue weighted by Crippen LogP contribution is 2.32. The van der Waals surface area contributed by atoms with Crippen molar-refractivity contribution in [1.29, 1.82) is 0 Å². The molecule has 8 heteroatoms. The van der Waals surface area contributed by atoms with Crippen LogP contribution in [0.3, 0.4) is 0 Å². The van der Waals surface area contributed by atoms with E-state index >= 15 is 0 Å². The minimum atomic E-state index is -3.54. The highest BCUT2D eigenvalue weighted by molar-refractivity contribution is 7.89. The Balaban J connectivity index is 1.75. The highest BCUT2D eigenvalue weighted by atomic mass is 32.2. The Bertz CT molecular complexity index is 668. The molecule has 1 N–H and O–H groups in total. The van der Waals surface area contributed by atoms with Crippen molar-refractivity contribution in [3.8, 4) is 0 Å². The summed E-state index contributed by atoms with van der Waals surface area (Å²) in [7, 11) is -3.54. The maximum atomic E-state index is 12.8. The third-order valence-electron chi connectivity index (χ3n) is 4.54. The molecule has 1 spiro atoms. The predicted octanol–water partition coefficient (Wildman–Crippen LogP) is 1.22. The molecule has 0 aliphatic carbocycles. The monoisotopic (exact) mass is 340 g/mol. The van der Waals surface area contributed by atoms with E-state index < -0.39 is 21.7 Å². The van der Waals surface area contributed by atoms with Gasteiger partial charge in [-0.1, -0.05) is 18.2 Å². The lowest BCUT2D eigenvalue weighted by atomic mass is 9.90. The summed E-state index contributed by atoms with van der Waals surface area (Å²) in [5.41, 5.74) is -0.577. The molecule has 1 aromatic carbocycles. The molecule has 0 saturated carbocycles. The van der Waals surface area contributed by atoms with Gasteiger partial charge < -0.3 is 14.7 Å². The second-order valence-corrected chi connectivity index (χ2v) is 7.89. The van der Waals surface area contributed by atoms with Crippen LogP contribution in [0.4, 0.5) is 4.79 Å². The van der Waals surface area contributed by atoms with Gasteiger partial charge in [0.1, 0.15) is 0 Å². The number of likely N-dealkylation sites (tertiary alicyclic amines) is 1. The van der Waals surface area contributed by atoms with Gasteiger partial charge in [-0.05, 0) is 25.0 Å². The summed E-state index contributed by atoms with van der Waals surface area (Å²) in [4.78, 5) is 12.6. The van der Waals surface area contributed by atoms with Crippen LogP contribution in [0.25, 0.3) is 0 Å². The van der Waals surface area contributed by atoms with Crippen molar-refractivity contribution in [2.24, 2.45) is 0 Å². The number of piperidine rings is 1. The maximum Gasteiger partial charge on any atom is 0.407 e. The molecule has 2 heterocycles. The molecule has 1 aromatic rings. The van der Waals surface area contributed by atoms with Crippen LogP contribution in [0.2, 0.25) is 0 Å². The summed E-state index contributed by atoms with van der Waals surface area (Å²) >= 11 is 0. The van der Waals surface area contributed by atoms with Crippen LogP contribution in [0.5, 0.6) is 0 Å². The molecule has 126 valence electrons. The van der Waals surface area contributed by atoms with Crippen LogP contribution >= 0.6 is 0 Å². The Hall–Kier alpha value is -1.64. The number of benzene rings is 1. The van der Waals surface area contributed by atoms with E-state index in [4.69, 9.17) is 9.84 Å². The van der Waals surface area contributed by atoms with E-state index in [2.05, 4.69) is 0 Å². The van der Waals surface area contributed by atoms with E-state index in [0.717, 1.165) is 0 Å². The lowest BCUT2D eigenvalue weighted by Crippen LogP contribution is -2.58. The Morgan fingerprint density at radius 1 is 1.13 bits per heavy atom. The van der Waals surface area contributed by atoms with Gasteiger partial charge in [-0.25, -0.2) is 13.2 Å². The second-order valence-electron chi connectivity index (χ2n) is 5.95. The van der Waals surface area contributed by atoms with Crippen LogP contribution in [0, 0.1) is 0 Å². The molecule has 2 aliphatic rings. The van der Waals surface area contributed by atoms with Crippen molar-refractivity contribution in [2.45, 2.75) is 23.3 Å². The molecule has 23 heavy (non-hydrogen) atoms. The van der Waals surface area contributed by atoms with Crippen molar-refractivity contribution >= 4 is 16.1 Å². The van der Waals surface area contributed by atoms with Crippen molar-refractivity contribution in [1.82, 2.24) is 9.21 Å². The third kappa shape index (κ3) is 3.19. The molecule has 1 amide bonds. The molecule has 0 bridgehead atoms. The normalized spacial score (nSPS) is 22.2. The zero-order valence-corrected chi connectivity index (χ0v) is 13.5. The Kier molecular flexibility index (Phi) is 4.31. The zero-order valence-electron chi connectivity index (χ0n) is 12.7. The highest BCUT2D eigenvalue weighted by Gasteiger charge is 2.43. The summed E-state index contributed by atoms with van der Waals surface area (Å²) in [5, 5.41) is 9.03. The van der Waals surface area contributed by atoms with Gasteiger partial charge in [0.2, 0.25) is 10.0 Å². The molecule has 2 saturated heterocycles. The minimum Gasteiger partial charge on any atom is -0.465 e. The van der Waals surface area contributed by atoms with Crippen molar-refractivity contribution < 1.29 is 23.1 Å². The van der Waals surface area contributed by atoms with Crippen molar-refractivity contribution in [3.63, 3.8) is 0 Å². The minimum absolute atomic E-state index is 0.275. The molecule has 7 nitrogen and oxygen atoms in total. The fourth-order valence-corrected chi connectivity index (χ4v) is 4.68. The molecule has 0 atom stereocenters. The van der Waals surface area contributed by atoms with Gasteiger partial charge in [0.05, 0.1) is 17.1 Å². The number of ether oxygens (including phenoxy) is 1. The number of amides is 1. The molecule has 2 aliphatic heterocycles. The third-order valence-corrected chi connectivity index (χ3v) is 6.40. The maximum absolute atomic E-state index is 12.8. The van der Waals surface area contributed by atoms with E-state index in [9.17, 15) is 13.2 Å². The zero-order chi connectivity index (χ0) is 16.5. The number of hydrogen-bond donors (Lipinski definition) is 1. The van der Waals surface area contributed by atoms with E-state index in [1.807, 2.05) is 0 Å². The summed E-state index contributed by atoms with van der Waals surface area (Å²) in [5.74, 6) is 0. The van der Waals surface area contributed by atoms with E-state index in [0.29, 0.717) is 39.1 Å². The fraction of sp³-hybridized carbons (Fsp3) is 0.533. The number of morpholine rings is 1. The molecule has 0 radical (unpaired) electrons. The number of rotatable bonds is 2. The Morgan fingerprint density at radius 2 is 1.78 bits per heavy atom. The first-order chi connectivity index (χ1) is 10.9. The van der Waals surface area contributed by atoms with Gasteiger partial charge in [-0.15, -0.1) is 0 Å². The lowest BCUT2D eigenvalue weighted by Gasteiger charge is -2.46. The van der Waals surface area contributed by atoms with E-state index in [1.54, 1.807) is 30.3 Å². The van der Waals surface area contributed by atoms with Gasteiger partial charge in [-0.2, -0.15) is 4.31 Å². The van der Waals surface area contributed by atoms with Crippen molar-refractivity contribution in [3.05, 3.63) is 30.3 Å². The molecule has 0 unspecified atom stereocenters. The average Bonchev–Trinajstić information content (AvgIpc) is 2.56. The van der Waals surface area contributed by atoms with Crippen LogP contribution in [0.15, 0.2) is 35.2 Å². The van der Waals surface area contributed by atoms with E-state index in [-0.39, 0.29) is 11.4 Å². The smallest absolute Gasteiger partial charge is 0.407 e. The van der Waals surface area contributed by atoms with Gasteiger partial charge in [0.25, 0.3) is 0 Å². The summed E-state index contributed by atoms with van der Waals surface area (Å²) < 4.78 is 32.8. The number of hydrogen-bond acceptors (Lipinski definition) is 4. The van der Waals surface area contributed by atoms with Crippen LogP contribution in [-0.2, 0) is 14.8 Å². The predicted molar refractivity (Wildman–Crippen MR) is 82.7 cm³/mol. The van der Waals surface area contributed by atoms with Gasteiger partial charge in [-0.3, -0.25) is 0 Å². The Morgan fingerprint density at radius 3 is 2.39 bits per heavy atom. The number of sulfonamides is 1. The van der Waals surface area contributed by atoms with Gasteiger partial charge in [0.15, 0.2) is 0 Å². The number of carboxylic acid groups (broad SMARTS) is 1. The molecule has 2 fully saturated rings. The van der Waals surface area contributed by atoms with Crippen LogP contribution in [0.1, 0.15) is 12.8 Å². The van der Waals surface area contributed by atoms with Crippen molar-refractivity contribution in [2.75, 3.05) is 32.8 Å². The van der Waals surface area contributed by atoms with Crippen LogP contribution in [-0.4, -0.2) is 67.2 Å². The first-order valence-electron chi connectivity index (χ1n) is 7.60. The quantitative estimate of drug-likeness (QED) is 0.875. The molecule has 0 aromatic heterocycles. The second kappa shape index (κ2) is 6.10. The number of nitrogens with zero attached hydrogens (tertiary/aromatic N) is 2. The lowest BCUT2D eigenvalue weighted by molar-refractivity contribution is -0.116. The van der Waals surface area contributed by atoms with E-state index in [1.165, 1.54) is 9.21 Å². The SMILES string of the molecule is O=C(O)N1CCC2(CC1)CN(S(=O)(=O)c1ccccc1)CCO2. The number of carbonyl (C=O) groups is 1.